The summed E-state index contributed by atoms with van der Waals surface area (Å²) in [4.78, 5) is 0. The number of nitrogens with one attached hydrogen (secondary N) is 1. The second-order valence-electron chi connectivity index (χ2n) is 5.34. The number of hydrogen-bond donors (Lipinski definition) is 1. The summed E-state index contributed by atoms with van der Waals surface area (Å²) in [6.45, 7) is 6.30. The fourth-order valence-corrected chi connectivity index (χ4v) is 2.99. The minimum atomic E-state index is -0.243. The van der Waals surface area contributed by atoms with Gasteiger partial charge in [-0.3, -0.25) is 0 Å². The number of para-hydroxylation sites is 1. The molecule has 2 heterocycles. The van der Waals surface area contributed by atoms with Crippen LogP contribution < -0.4 is 5.32 Å². The first-order valence-corrected chi connectivity index (χ1v) is 7.28. The van der Waals surface area contributed by atoms with E-state index in [1.165, 1.54) is 5.56 Å². The van der Waals surface area contributed by atoms with E-state index in [0.29, 0.717) is 0 Å². The highest BCUT2D eigenvalue weighted by Crippen LogP contribution is 2.45. The number of rotatable bonds is 3. The van der Waals surface area contributed by atoms with E-state index in [4.69, 9.17) is 9.15 Å². The molecule has 0 amide bonds. The quantitative estimate of drug-likeness (QED) is 0.875. The van der Waals surface area contributed by atoms with Crippen molar-refractivity contribution < 1.29 is 9.15 Å². The number of ether oxygens (including phenoxy) is 1. The molecule has 1 aromatic heterocycles. The SMILES string of the molecule is CCC1(CC)OC(c2ccc(C)o2)Nc2ccccc21. The van der Waals surface area contributed by atoms with Gasteiger partial charge in [0, 0.05) is 11.3 Å². The Morgan fingerprint density at radius 2 is 1.85 bits per heavy atom. The lowest BCUT2D eigenvalue weighted by atomic mass is 9.85. The highest BCUT2D eigenvalue weighted by atomic mass is 16.5. The lowest BCUT2D eigenvalue weighted by Crippen LogP contribution is -2.37. The molecule has 3 nitrogen and oxygen atoms in total. The molecule has 0 spiro atoms. The third kappa shape index (κ3) is 2.02. The monoisotopic (exact) mass is 271 g/mol. The van der Waals surface area contributed by atoms with Crippen molar-refractivity contribution in [2.24, 2.45) is 0 Å². The Balaban J connectivity index is 2.04. The van der Waals surface area contributed by atoms with E-state index >= 15 is 0 Å². The maximum absolute atomic E-state index is 6.39. The van der Waals surface area contributed by atoms with Gasteiger partial charge in [-0.2, -0.15) is 0 Å². The lowest BCUT2D eigenvalue weighted by Gasteiger charge is -2.42. The maximum Gasteiger partial charge on any atom is 0.187 e. The summed E-state index contributed by atoms with van der Waals surface area (Å²) in [6.07, 6.45) is 1.66. The number of hydrogen-bond acceptors (Lipinski definition) is 3. The number of anilines is 1. The Bertz CT molecular complexity index is 599. The third-order valence-corrected chi connectivity index (χ3v) is 4.21. The van der Waals surface area contributed by atoms with Gasteiger partial charge >= 0.3 is 0 Å². The maximum atomic E-state index is 6.39. The number of furan rings is 1. The summed E-state index contributed by atoms with van der Waals surface area (Å²) in [6, 6.07) is 12.3. The van der Waals surface area contributed by atoms with Crippen LogP contribution in [0, 0.1) is 6.92 Å². The molecule has 1 aliphatic heterocycles. The van der Waals surface area contributed by atoms with E-state index < -0.39 is 0 Å². The fourth-order valence-electron chi connectivity index (χ4n) is 2.99. The lowest BCUT2D eigenvalue weighted by molar-refractivity contribution is -0.110. The zero-order valence-electron chi connectivity index (χ0n) is 12.3. The molecule has 0 saturated carbocycles. The van der Waals surface area contributed by atoms with Crippen LogP contribution in [0.4, 0.5) is 5.69 Å². The standard InChI is InChI=1S/C17H21NO2/c1-4-17(5-2)13-8-6-7-9-14(13)18-16(20-17)15-11-10-12(3)19-15/h6-11,16,18H,4-5H2,1-3H3. The highest BCUT2D eigenvalue weighted by molar-refractivity contribution is 5.56. The topological polar surface area (TPSA) is 34.4 Å². The van der Waals surface area contributed by atoms with E-state index in [-0.39, 0.29) is 11.8 Å². The second kappa shape index (κ2) is 4.98. The summed E-state index contributed by atoms with van der Waals surface area (Å²) in [5, 5.41) is 3.43. The van der Waals surface area contributed by atoms with Crippen LogP contribution in [0.5, 0.6) is 0 Å². The Morgan fingerprint density at radius 3 is 2.50 bits per heavy atom. The predicted molar refractivity (Wildman–Crippen MR) is 79.6 cm³/mol. The second-order valence-corrected chi connectivity index (χ2v) is 5.34. The van der Waals surface area contributed by atoms with Gasteiger partial charge < -0.3 is 14.5 Å². The Morgan fingerprint density at radius 1 is 1.10 bits per heavy atom. The van der Waals surface area contributed by atoms with Crippen LogP contribution in [0.25, 0.3) is 0 Å². The summed E-state index contributed by atoms with van der Waals surface area (Å²) in [7, 11) is 0. The third-order valence-electron chi connectivity index (χ3n) is 4.21. The molecule has 1 N–H and O–H groups in total. The average Bonchev–Trinajstić information content (AvgIpc) is 2.92. The van der Waals surface area contributed by atoms with E-state index in [0.717, 1.165) is 30.0 Å². The van der Waals surface area contributed by atoms with Crippen LogP contribution in [0.15, 0.2) is 40.8 Å². The van der Waals surface area contributed by atoms with E-state index in [1.807, 2.05) is 19.1 Å². The molecule has 20 heavy (non-hydrogen) atoms. The van der Waals surface area contributed by atoms with Crippen molar-refractivity contribution in [3.8, 4) is 0 Å². The van der Waals surface area contributed by atoms with Crippen molar-refractivity contribution >= 4 is 5.69 Å². The summed E-state index contributed by atoms with van der Waals surface area (Å²) in [5.74, 6) is 1.74. The van der Waals surface area contributed by atoms with E-state index in [9.17, 15) is 0 Å². The van der Waals surface area contributed by atoms with Gasteiger partial charge in [0.25, 0.3) is 0 Å². The minimum absolute atomic E-state index is 0.224. The van der Waals surface area contributed by atoms with Gasteiger partial charge in [0.05, 0.1) is 5.60 Å². The van der Waals surface area contributed by atoms with Crippen LogP contribution in [0.3, 0.4) is 0 Å². The molecule has 1 aromatic carbocycles. The van der Waals surface area contributed by atoms with E-state index in [1.54, 1.807) is 0 Å². The van der Waals surface area contributed by atoms with Gasteiger partial charge in [-0.05, 0) is 38.0 Å². The van der Waals surface area contributed by atoms with Gasteiger partial charge in [-0.1, -0.05) is 32.0 Å². The summed E-state index contributed by atoms with van der Waals surface area (Å²) in [5.41, 5.74) is 2.14. The Hall–Kier alpha value is -1.74. The van der Waals surface area contributed by atoms with Gasteiger partial charge in [0.15, 0.2) is 12.0 Å². The average molecular weight is 271 g/mol. The minimum Gasteiger partial charge on any atom is -0.462 e. The number of aryl methyl sites for hydroxylation is 1. The van der Waals surface area contributed by atoms with Gasteiger partial charge in [0.2, 0.25) is 0 Å². The molecule has 1 atom stereocenters. The van der Waals surface area contributed by atoms with Crippen molar-refractivity contribution in [1.29, 1.82) is 0 Å². The molecule has 0 radical (unpaired) electrons. The fraction of sp³-hybridized carbons (Fsp3) is 0.412. The van der Waals surface area contributed by atoms with Crippen molar-refractivity contribution in [1.82, 2.24) is 0 Å². The van der Waals surface area contributed by atoms with Crippen molar-refractivity contribution in [2.75, 3.05) is 5.32 Å². The molecular formula is C17H21NO2. The molecule has 3 rings (SSSR count). The molecule has 1 unspecified atom stereocenters. The highest BCUT2D eigenvalue weighted by Gasteiger charge is 2.39. The smallest absolute Gasteiger partial charge is 0.187 e. The van der Waals surface area contributed by atoms with Crippen LogP contribution in [0.1, 0.15) is 50.0 Å². The molecule has 106 valence electrons. The number of fused-ring (bicyclic) bond motifs is 1. The molecule has 0 aliphatic carbocycles. The normalized spacial score (nSPS) is 20.2. The zero-order chi connectivity index (χ0) is 14.2. The first-order valence-electron chi connectivity index (χ1n) is 7.28. The molecule has 1 aliphatic rings. The Labute approximate surface area is 119 Å². The van der Waals surface area contributed by atoms with Crippen molar-refractivity contribution in [3.05, 3.63) is 53.5 Å². The predicted octanol–water partition coefficient (Wildman–Crippen LogP) is 4.74. The molecular weight excluding hydrogens is 250 g/mol. The van der Waals surface area contributed by atoms with Gasteiger partial charge in [-0.15, -0.1) is 0 Å². The van der Waals surface area contributed by atoms with Crippen LogP contribution in [-0.4, -0.2) is 0 Å². The first kappa shape index (κ1) is 13.3. The van der Waals surface area contributed by atoms with Gasteiger partial charge in [-0.25, -0.2) is 0 Å². The van der Waals surface area contributed by atoms with Crippen LogP contribution >= 0.6 is 0 Å². The van der Waals surface area contributed by atoms with Crippen LogP contribution in [0.2, 0.25) is 0 Å². The summed E-state index contributed by atoms with van der Waals surface area (Å²) < 4.78 is 12.1. The Kier molecular flexibility index (Phi) is 3.30. The van der Waals surface area contributed by atoms with Crippen molar-refractivity contribution in [2.45, 2.75) is 45.4 Å². The molecule has 0 saturated heterocycles. The molecule has 0 bridgehead atoms. The van der Waals surface area contributed by atoms with E-state index in [2.05, 4.69) is 43.4 Å². The van der Waals surface area contributed by atoms with Crippen molar-refractivity contribution in [3.63, 3.8) is 0 Å². The molecule has 2 aromatic rings. The summed E-state index contributed by atoms with van der Waals surface area (Å²) >= 11 is 0. The first-order chi connectivity index (χ1) is 9.68. The van der Waals surface area contributed by atoms with Gasteiger partial charge in [0.1, 0.15) is 5.76 Å². The largest absolute Gasteiger partial charge is 0.462 e. The number of benzene rings is 1. The van der Waals surface area contributed by atoms with Crippen LogP contribution in [-0.2, 0) is 10.3 Å². The molecule has 0 fully saturated rings. The molecule has 3 heteroatoms. The zero-order valence-corrected chi connectivity index (χ0v) is 12.3.